The Morgan fingerprint density at radius 3 is 2.25 bits per heavy atom. The quantitative estimate of drug-likeness (QED) is 0.790. The van der Waals surface area contributed by atoms with Crippen LogP contribution >= 0.6 is 0 Å². The highest BCUT2D eigenvalue weighted by Gasteiger charge is 2.38. The molecule has 1 aromatic carbocycles. The number of hydrogen-bond donors (Lipinski definition) is 1. The maximum absolute atomic E-state index is 14.0. The van der Waals surface area contributed by atoms with E-state index in [-0.39, 0.29) is 37.4 Å². The van der Waals surface area contributed by atoms with Gasteiger partial charge >= 0.3 is 0 Å². The van der Waals surface area contributed by atoms with E-state index in [0.717, 1.165) is 0 Å². The van der Waals surface area contributed by atoms with Gasteiger partial charge in [-0.15, -0.1) is 0 Å². The molecule has 0 atom stereocenters. The lowest BCUT2D eigenvalue weighted by Gasteiger charge is -2.38. The maximum Gasteiger partial charge on any atom is 0.254 e. The number of piperidine rings is 1. The number of methoxy groups -OCH3 is 3. The van der Waals surface area contributed by atoms with Crippen LogP contribution in [0.3, 0.4) is 0 Å². The number of rotatable bonds is 5. The molecule has 1 aromatic heterocycles. The summed E-state index contributed by atoms with van der Waals surface area (Å²) in [4.78, 5) is 18.2. The lowest BCUT2D eigenvalue weighted by Crippen LogP contribution is -2.45. The molecule has 0 radical (unpaired) electrons. The van der Waals surface area contributed by atoms with E-state index < -0.39 is 11.5 Å². The molecule has 8 heteroatoms. The van der Waals surface area contributed by atoms with Crippen molar-refractivity contribution in [2.24, 2.45) is 0 Å². The van der Waals surface area contributed by atoms with Crippen molar-refractivity contribution in [2.45, 2.75) is 18.4 Å². The van der Waals surface area contributed by atoms with Crippen molar-refractivity contribution in [2.75, 3.05) is 34.4 Å². The SMILES string of the molecule is COc1cc(C(=O)N2CCC(O)(c3cccnc3F)CC2)cc(OC)c1OC. The second-order valence-electron chi connectivity index (χ2n) is 6.58. The molecule has 1 amide bonds. The smallest absolute Gasteiger partial charge is 0.254 e. The maximum atomic E-state index is 14.0. The number of halogens is 1. The van der Waals surface area contributed by atoms with E-state index in [1.807, 2.05) is 0 Å². The number of hydrogen-bond acceptors (Lipinski definition) is 6. The third-order valence-corrected chi connectivity index (χ3v) is 5.05. The zero-order valence-electron chi connectivity index (χ0n) is 16.1. The monoisotopic (exact) mass is 390 g/mol. The molecule has 1 aliphatic rings. The molecule has 0 aliphatic carbocycles. The molecule has 0 unspecified atom stereocenters. The van der Waals surface area contributed by atoms with Crippen molar-refractivity contribution in [3.05, 3.63) is 47.5 Å². The number of carbonyl (C=O) groups is 1. The van der Waals surface area contributed by atoms with Crippen LogP contribution in [-0.2, 0) is 5.60 Å². The first-order valence-electron chi connectivity index (χ1n) is 8.86. The summed E-state index contributed by atoms with van der Waals surface area (Å²) in [5.41, 5.74) is -0.799. The molecule has 0 bridgehead atoms. The van der Waals surface area contributed by atoms with Crippen molar-refractivity contribution in [1.29, 1.82) is 0 Å². The van der Waals surface area contributed by atoms with Gasteiger partial charge in [0.2, 0.25) is 11.7 Å². The highest BCUT2D eigenvalue weighted by atomic mass is 19.1. The van der Waals surface area contributed by atoms with Crippen LogP contribution in [-0.4, -0.2) is 55.3 Å². The average Bonchev–Trinajstić information content (AvgIpc) is 2.72. The summed E-state index contributed by atoms with van der Waals surface area (Å²) < 4.78 is 29.9. The number of carbonyl (C=O) groups excluding carboxylic acids is 1. The van der Waals surface area contributed by atoms with Gasteiger partial charge in [0.15, 0.2) is 11.5 Å². The minimum atomic E-state index is -1.34. The molecule has 150 valence electrons. The number of nitrogens with zero attached hydrogens (tertiary/aromatic N) is 2. The number of ether oxygens (including phenoxy) is 3. The van der Waals surface area contributed by atoms with Crippen molar-refractivity contribution in [3.8, 4) is 17.2 Å². The van der Waals surface area contributed by atoms with Crippen molar-refractivity contribution in [3.63, 3.8) is 0 Å². The molecule has 1 N–H and O–H groups in total. The van der Waals surface area contributed by atoms with E-state index in [4.69, 9.17) is 14.2 Å². The predicted molar refractivity (Wildman–Crippen MR) is 99.3 cm³/mol. The molecule has 1 aliphatic heterocycles. The number of benzene rings is 1. The number of likely N-dealkylation sites (tertiary alicyclic amines) is 1. The van der Waals surface area contributed by atoms with Crippen LogP contribution in [0.15, 0.2) is 30.5 Å². The van der Waals surface area contributed by atoms with Gasteiger partial charge in [0.05, 0.1) is 26.9 Å². The zero-order valence-corrected chi connectivity index (χ0v) is 16.1. The third-order valence-electron chi connectivity index (χ3n) is 5.05. The number of aliphatic hydroxyl groups is 1. The lowest BCUT2D eigenvalue weighted by molar-refractivity contribution is -0.0241. The van der Waals surface area contributed by atoms with Crippen LogP contribution in [0.25, 0.3) is 0 Å². The molecule has 0 spiro atoms. The Morgan fingerprint density at radius 1 is 1.14 bits per heavy atom. The highest BCUT2D eigenvalue weighted by molar-refractivity contribution is 5.95. The van der Waals surface area contributed by atoms with E-state index in [1.165, 1.54) is 33.6 Å². The van der Waals surface area contributed by atoms with Gasteiger partial charge in [-0.2, -0.15) is 4.39 Å². The van der Waals surface area contributed by atoms with Crippen molar-refractivity contribution >= 4 is 5.91 Å². The van der Waals surface area contributed by atoms with Gasteiger partial charge in [-0.05, 0) is 31.0 Å². The molecule has 1 saturated heterocycles. The normalized spacial score (nSPS) is 15.8. The van der Waals surface area contributed by atoms with E-state index in [0.29, 0.717) is 22.8 Å². The molecule has 2 aromatic rings. The molecule has 7 nitrogen and oxygen atoms in total. The standard InChI is InChI=1S/C20H23FN2O5/c1-26-15-11-13(12-16(27-2)17(15)28-3)19(24)23-9-6-20(25,7-10-23)14-5-4-8-22-18(14)21/h4-5,8,11-12,25H,6-7,9-10H2,1-3H3. The van der Waals surface area contributed by atoms with Gasteiger partial charge in [0.25, 0.3) is 5.91 Å². The van der Waals surface area contributed by atoms with Gasteiger partial charge in [0.1, 0.15) is 0 Å². The molecule has 0 saturated carbocycles. The molecule has 1 fully saturated rings. The Balaban J connectivity index is 1.80. The van der Waals surface area contributed by atoms with Crippen molar-refractivity contribution in [1.82, 2.24) is 9.88 Å². The summed E-state index contributed by atoms with van der Waals surface area (Å²) in [5.74, 6) is 0.260. The summed E-state index contributed by atoms with van der Waals surface area (Å²) in [5, 5.41) is 10.9. The van der Waals surface area contributed by atoms with E-state index in [1.54, 1.807) is 23.1 Å². The molecule has 2 heterocycles. The molecule has 3 rings (SSSR count). The first-order chi connectivity index (χ1) is 13.4. The summed E-state index contributed by atoms with van der Waals surface area (Å²) in [7, 11) is 4.45. The zero-order chi connectivity index (χ0) is 20.3. The topological polar surface area (TPSA) is 81.1 Å². The first-order valence-corrected chi connectivity index (χ1v) is 8.86. The van der Waals surface area contributed by atoms with Gasteiger partial charge in [-0.25, -0.2) is 4.98 Å². The Bertz CT molecular complexity index is 840. The van der Waals surface area contributed by atoms with Crippen molar-refractivity contribution < 1.29 is 28.5 Å². The summed E-state index contributed by atoms with van der Waals surface area (Å²) in [6.45, 7) is 0.556. The first kappa shape index (κ1) is 19.9. The van der Waals surface area contributed by atoms with Crippen LogP contribution < -0.4 is 14.2 Å². The van der Waals surface area contributed by atoms with Crippen LogP contribution in [0.2, 0.25) is 0 Å². The van der Waals surface area contributed by atoms with Crippen LogP contribution in [0, 0.1) is 5.95 Å². The van der Waals surface area contributed by atoms with E-state index in [9.17, 15) is 14.3 Å². The Morgan fingerprint density at radius 2 is 1.75 bits per heavy atom. The Hall–Kier alpha value is -2.87. The predicted octanol–water partition coefficient (Wildman–Crippen LogP) is 2.37. The molecule has 28 heavy (non-hydrogen) atoms. The summed E-state index contributed by atoms with van der Waals surface area (Å²) in [6, 6.07) is 6.29. The summed E-state index contributed by atoms with van der Waals surface area (Å²) in [6.07, 6.45) is 1.77. The van der Waals surface area contributed by atoms with E-state index >= 15 is 0 Å². The molecular weight excluding hydrogens is 367 g/mol. The largest absolute Gasteiger partial charge is 0.493 e. The highest BCUT2D eigenvalue weighted by Crippen LogP contribution is 2.39. The Kier molecular flexibility index (Phi) is 5.69. The van der Waals surface area contributed by atoms with Crippen LogP contribution in [0.1, 0.15) is 28.8 Å². The van der Waals surface area contributed by atoms with Crippen LogP contribution in [0.4, 0.5) is 4.39 Å². The van der Waals surface area contributed by atoms with Gasteiger partial charge in [-0.3, -0.25) is 4.79 Å². The minimum absolute atomic E-state index is 0.162. The third kappa shape index (κ3) is 3.60. The fraction of sp³-hybridized carbons (Fsp3) is 0.400. The fourth-order valence-corrected chi connectivity index (χ4v) is 3.47. The second kappa shape index (κ2) is 8.02. The number of aromatic nitrogens is 1. The van der Waals surface area contributed by atoms with E-state index in [2.05, 4.69) is 4.98 Å². The minimum Gasteiger partial charge on any atom is -0.493 e. The van der Waals surface area contributed by atoms with Gasteiger partial charge in [-0.1, -0.05) is 6.07 Å². The number of pyridine rings is 1. The second-order valence-corrected chi connectivity index (χ2v) is 6.58. The lowest BCUT2D eigenvalue weighted by atomic mass is 9.85. The van der Waals surface area contributed by atoms with Crippen LogP contribution in [0.5, 0.6) is 17.2 Å². The fourth-order valence-electron chi connectivity index (χ4n) is 3.47. The van der Waals surface area contributed by atoms with Gasteiger partial charge in [0, 0.05) is 30.4 Å². The van der Waals surface area contributed by atoms with Gasteiger partial charge < -0.3 is 24.2 Å². The molecular formula is C20H23FN2O5. The number of amides is 1. The Labute approximate surface area is 162 Å². The average molecular weight is 390 g/mol. The summed E-state index contributed by atoms with van der Waals surface area (Å²) >= 11 is 0.